The quantitative estimate of drug-likeness (QED) is 0.660. The van der Waals surface area contributed by atoms with Crippen LogP contribution >= 0.6 is 22.9 Å². The van der Waals surface area contributed by atoms with E-state index >= 15 is 0 Å². The van der Waals surface area contributed by atoms with Gasteiger partial charge in [0.05, 0.1) is 4.92 Å². The molecule has 0 aliphatic heterocycles. The van der Waals surface area contributed by atoms with Gasteiger partial charge < -0.3 is 0 Å². The van der Waals surface area contributed by atoms with Crippen LogP contribution < -0.4 is 4.72 Å². The van der Waals surface area contributed by atoms with Crippen LogP contribution in [0.1, 0.15) is 5.69 Å². The van der Waals surface area contributed by atoms with Crippen molar-refractivity contribution in [2.75, 3.05) is 4.72 Å². The Morgan fingerprint density at radius 1 is 1.53 bits per heavy atom. The summed E-state index contributed by atoms with van der Waals surface area (Å²) in [4.78, 5) is 9.88. The number of nitrogens with zero attached hydrogens (tertiary/aromatic N) is 2. The van der Waals surface area contributed by atoms with Gasteiger partial charge in [0.2, 0.25) is 0 Å². The summed E-state index contributed by atoms with van der Waals surface area (Å²) >= 11 is 6.23. The molecule has 11 heteroatoms. The summed E-state index contributed by atoms with van der Waals surface area (Å²) in [6.45, 7) is 1.71. The van der Waals surface area contributed by atoms with E-state index in [1.165, 1.54) is 6.07 Å². The molecule has 0 fully saturated rings. The maximum Gasteiger partial charge on any atom is 0.300 e. The lowest BCUT2D eigenvalue weighted by Gasteiger charge is -2.00. The predicted molar refractivity (Wildman–Crippen MR) is 70.1 cm³/mol. The lowest BCUT2D eigenvalue weighted by Crippen LogP contribution is -2.11. The van der Waals surface area contributed by atoms with Crippen molar-refractivity contribution >= 4 is 44.5 Å². The van der Waals surface area contributed by atoms with Crippen LogP contribution in [-0.4, -0.2) is 23.5 Å². The van der Waals surface area contributed by atoms with Crippen molar-refractivity contribution < 1.29 is 13.3 Å². The summed E-state index contributed by atoms with van der Waals surface area (Å²) in [5.74, 6) is 0.102. The zero-order valence-electron chi connectivity index (χ0n) is 9.38. The number of aromatic amines is 1. The number of halogens is 1. The van der Waals surface area contributed by atoms with Crippen molar-refractivity contribution in [3.63, 3.8) is 0 Å². The van der Waals surface area contributed by atoms with Gasteiger partial charge >= 0.3 is 0 Å². The maximum absolute atomic E-state index is 12.0. The number of thiophene rings is 1. The predicted octanol–water partition coefficient (Wildman–Crippen LogP) is 2.14. The molecule has 2 rings (SSSR count). The summed E-state index contributed by atoms with van der Waals surface area (Å²) in [5, 5.41) is 16.9. The van der Waals surface area contributed by atoms with Crippen LogP contribution in [0.3, 0.4) is 0 Å². The molecule has 0 aliphatic carbocycles. The van der Waals surface area contributed by atoms with Gasteiger partial charge in [-0.2, -0.15) is 5.10 Å². The number of anilines is 1. The first-order chi connectivity index (χ1) is 8.79. The van der Waals surface area contributed by atoms with Crippen molar-refractivity contribution in [2.24, 2.45) is 0 Å². The minimum Gasteiger partial charge on any atom is -0.281 e. The average molecular weight is 323 g/mol. The minimum absolute atomic E-state index is 0.102. The third kappa shape index (κ3) is 2.85. The van der Waals surface area contributed by atoms with Crippen molar-refractivity contribution in [1.29, 1.82) is 0 Å². The lowest BCUT2D eigenvalue weighted by atomic mass is 10.5. The number of hydrogen-bond acceptors (Lipinski definition) is 6. The number of nitro groups is 1. The number of hydrogen-bond donors (Lipinski definition) is 2. The fraction of sp³-hybridized carbons (Fsp3) is 0.125. The molecule has 0 saturated heterocycles. The Kier molecular flexibility index (Phi) is 3.47. The van der Waals surface area contributed by atoms with Crippen molar-refractivity contribution in [1.82, 2.24) is 10.2 Å². The molecule has 19 heavy (non-hydrogen) atoms. The molecule has 0 amide bonds. The molecule has 2 N–H and O–H groups in total. The highest BCUT2D eigenvalue weighted by atomic mass is 35.5. The van der Waals surface area contributed by atoms with Crippen LogP contribution in [0.15, 0.2) is 16.3 Å². The maximum atomic E-state index is 12.0. The van der Waals surface area contributed by atoms with E-state index in [-0.39, 0.29) is 14.4 Å². The number of nitrogens with one attached hydrogen (secondary N) is 2. The monoisotopic (exact) mass is 322 g/mol. The third-order valence-corrected chi connectivity index (χ3v) is 5.22. The minimum atomic E-state index is -3.94. The number of aryl methyl sites for hydroxylation is 1. The second-order valence-corrected chi connectivity index (χ2v) is 7.09. The normalized spacial score (nSPS) is 11.5. The number of sulfonamides is 1. The second-order valence-electron chi connectivity index (χ2n) is 3.52. The Morgan fingerprint density at radius 3 is 2.68 bits per heavy atom. The van der Waals surface area contributed by atoms with E-state index in [1.54, 1.807) is 6.92 Å². The summed E-state index contributed by atoms with van der Waals surface area (Å²) in [6, 6.07) is 2.40. The largest absolute Gasteiger partial charge is 0.300 e. The van der Waals surface area contributed by atoms with Gasteiger partial charge in [-0.15, -0.1) is 11.3 Å². The Balaban J connectivity index is 2.34. The second kappa shape index (κ2) is 4.79. The van der Waals surface area contributed by atoms with Crippen LogP contribution in [0.2, 0.25) is 4.34 Å². The third-order valence-electron chi connectivity index (χ3n) is 2.05. The summed E-state index contributed by atoms with van der Waals surface area (Å²) in [7, 11) is -3.94. The zero-order valence-corrected chi connectivity index (χ0v) is 11.8. The molecule has 0 aliphatic rings. The summed E-state index contributed by atoms with van der Waals surface area (Å²) in [5.41, 5.74) is 0.234. The van der Waals surface area contributed by atoms with Crippen LogP contribution in [-0.2, 0) is 10.0 Å². The first-order valence-electron chi connectivity index (χ1n) is 4.78. The first kappa shape index (κ1) is 13.8. The number of H-pyrrole nitrogens is 1. The van der Waals surface area contributed by atoms with Crippen LogP contribution in [0, 0.1) is 17.0 Å². The van der Waals surface area contributed by atoms with Gasteiger partial charge in [-0.05, 0) is 6.92 Å². The van der Waals surface area contributed by atoms with Gasteiger partial charge in [-0.1, -0.05) is 11.6 Å². The van der Waals surface area contributed by atoms with Gasteiger partial charge in [0.15, 0.2) is 10.2 Å². The van der Waals surface area contributed by atoms with Crippen molar-refractivity contribution in [2.45, 2.75) is 11.1 Å². The van der Waals surface area contributed by atoms with E-state index in [1.807, 2.05) is 0 Å². The van der Waals surface area contributed by atoms with Gasteiger partial charge in [0.25, 0.3) is 15.7 Å². The highest BCUT2D eigenvalue weighted by molar-refractivity contribution is 7.94. The van der Waals surface area contributed by atoms with Gasteiger partial charge in [0, 0.05) is 17.8 Å². The molecule has 0 spiro atoms. The molecule has 0 unspecified atom stereocenters. The number of aromatic nitrogens is 2. The van der Waals surface area contributed by atoms with Crippen LogP contribution in [0.4, 0.5) is 11.5 Å². The molecule has 8 nitrogen and oxygen atoms in total. The number of rotatable bonds is 4. The van der Waals surface area contributed by atoms with Gasteiger partial charge in [0.1, 0.15) is 4.21 Å². The zero-order chi connectivity index (χ0) is 14.2. The van der Waals surface area contributed by atoms with E-state index in [2.05, 4.69) is 14.9 Å². The topological polar surface area (TPSA) is 118 Å². The Labute approximate surface area is 116 Å². The fourth-order valence-electron chi connectivity index (χ4n) is 1.25. The van der Waals surface area contributed by atoms with Crippen LogP contribution in [0.5, 0.6) is 0 Å². The molecular weight excluding hydrogens is 316 g/mol. The summed E-state index contributed by atoms with van der Waals surface area (Å²) in [6.07, 6.45) is 0. The molecule has 0 saturated carbocycles. The molecule has 0 bridgehead atoms. The van der Waals surface area contributed by atoms with E-state index in [0.29, 0.717) is 17.0 Å². The molecule has 2 aromatic heterocycles. The molecule has 2 heterocycles. The Bertz CT molecular complexity index is 736. The lowest BCUT2D eigenvalue weighted by molar-refractivity contribution is -0.384. The fourth-order valence-corrected chi connectivity index (χ4v) is 3.91. The van der Waals surface area contributed by atoms with Crippen LogP contribution in [0.25, 0.3) is 0 Å². The summed E-state index contributed by atoms with van der Waals surface area (Å²) < 4.78 is 25.7. The van der Waals surface area contributed by atoms with Crippen molar-refractivity contribution in [3.8, 4) is 0 Å². The SMILES string of the molecule is Cc1cc(NS(=O)(=O)c2cc([N+](=O)[O-])c(Cl)s2)n[nH]1. The molecule has 0 aromatic carbocycles. The Morgan fingerprint density at radius 2 is 2.21 bits per heavy atom. The van der Waals surface area contributed by atoms with E-state index < -0.39 is 20.6 Å². The average Bonchev–Trinajstić information content (AvgIpc) is 2.84. The smallest absolute Gasteiger partial charge is 0.281 e. The van der Waals surface area contributed by atoms with E-state index in [9.17, 15) is 18.5 Å². The van der Waals surface area contributed by atoms with E-state index in [0.717, 1.165) is 6.07 Å². The molecule has 0 radical (unpaired) electrons. The van der Waals surface area contributed by atoms with Crippen molar-refractivity contribution in [3.05, 3.63) is 32.3 Å². The van der Waals surface area contributed by atoms with Gasteiger partial charge in [-0.3, -0.25) is 19.9 Å². The molecule has 102 valence electrons. The molecular formula is C8H7ClN4O4S2. The van der Waals surface area contributed by atoms with Gasteiger partial charge in [-0.25, -0.2) is 8.42 Å². The first-order valence-corrected chi connectivity index (χ1v) is 7.46. The standard InChI is InChI=1S/C8H7ClN4O4S2/c1-4-2-6(11-10-4)12-19(16,17)7-3-5(13(14)15)8(9)18-7/h2-3H,1H3,(H2,10,11,12). The highest BCUT2D eigenvalue weighted by Crippen LogP contribution is 2.36. The molecule has 0 atom stereocenters. The highest BCUT2D eigenvalue weighted by Gasteiger charge is 2.25. The van der Waals surface area contributed by atoms with E-state index in [4.69, 9.17) is 11.6 Å². The Hall–Kier alpha value is -1.65. The molecule has 2 aromatic rings.